The fourth-order valence-electron chi connectivity index (χ4n) is 1.95. The van der Waals surface area contributed by atoms with E-state index in [9.17, 15) is 0 Å². The number of hydrogen-bond donors (Lipinski definition) is 1. The second-order valence-corrected chi connectivity index (χ2v) is 4.15. The Kier molecular flexibility index (Phi) is 2.90. The number of anilines is 1. The third kappa shape index (κ3) is 2.42. The fraction of sp³-hybridized carbons (Fsp3) is 0. The van der Waals surface area contributed by atoms with Gasteiger partial charge in [0.1, 0.15) is 0 Å². The Morgan fingerprint density at radius 3 is 2.32 bits per heavy atom. The van der Waals surface area contributed by atoms with E-state index in [0.29, 0.717) is 0 Å². The molecule has 4 heteroatoms. The molecular formula is C15H12N4. The smallest absolute Gasteiger partial charge is 0.240 e. The predicted molar refractivity (Wildman–Crippen MR) is 75.1 cm³/mol. The van der Waals surface area contributed by atoms with Gasteiger partial charge in [-0.15, -0.1) is 5.10 Å². The second kappa shape index (κ2) is 4.86. The number of aromatic nitrogens is 3. The molecule has 3 rings (SSSR count). The molecule has 0 atom stereocenters. The van der Waals surface area contributed by atoms with Crippen molar-refractivity contribution in [1.82, 2.24) is 15.2 Å². The third-order valence-electron chi connectivity index (χ3n) is 2.84. The van der Waals surface area contributed by atoms with Gasteiger partial charge in [-0.1, -0.05) is 48.5 Å². The van der Waals surface area contributed by atoms with Crippen molar-refractivity contribution in [2.75, 3.05) is 5.73 Å². The van der Waals surface area contributed by atoms with Gasteiger partial charge in [0.25, 0.3) is 0 Å². The highest BCUT2D eigenvalue weighted by molar-refractivity contribution is 5.71. The number of rotatable bonds is 2. The molecule has 0 unspecified atom stereocenters. The predicted octanol–water partition coefficient (Wildman–Crippen LogP) is 2.79. The van der Waals surface area contributed by atoms with Gasteiger partial charge in [0.05, 0.1) is 11.9 Å². The molecule has 1 heterocycles. The second-order valence-electron chi connectivity index (χ2n) is 4.15. The van der Waals surface area contributed by atoms with E-state index in [-0.39, 0.29) is 5.95 Å². The fourth-order valence-corrected chi connectivity index (χ4v) is 1.95. The van der Waals surface area contributed by atoms with Gasteiger partial charge in [0, 0.05) is 5.56 Å². The summed E-state index contributed by atoms with van der Waals surface area (Å²) in [5.41, 5.74) is 9.56. The van der Waals surface area contributed by atoms with Crippen molar-refractivity contribution in [1.29, 1.82) is 0 Å². The quantitative estimate of drug-likeness (QED) is 0.757. The van der Waals surface area contributed by atoms with Crippen molar-refractivity contribution in [3.63, 3.8) is 0 Å². The van der Waals surface area contributed by atoms with Crippen LogP contribution in [0.5, 0.6) is 0 Å². The van der Waals surface area contributed by atoms with Crippen LogP contribution in [0.1, 0.15) is 0 Å². The first-order valence-electron chi connectivity index (χ1n) is 5.94. The van der Waals surface area contributed by atoms with Gasteiger partial charge < -0.3 is 5.73 Å². The van der Waals surface area contributed by atoms with E-state index < -0.39 is 0 Å². The summed E-state index contributed by atoms with van der Waals surface area (Å²) in [6.07, 6.45) is 1.61. The van der Waals surface area contributed by atoms with Gasteiger partial charge in [-0.25, -0.2) is 4.98 Å². The largest absolute Gasteiger partial charge is 0.366 e. The normalized spacial score (nSPS) is 10.3. The summed E-state index contributed by atoms with van der Waals surface area (Å²) < 4.78 is 0. The summed E-state index contributed by atoms with van der Waals surface area (Å²) in [6.45, 7) is 0. The van der Waals surface area contributed by atoms with Crippen LogP contribution < -0.4 is 5.73 Å². The molecule has 0 fully saturated rings. The van der Waals surface area contributed by atoms with Gasteiger partial charge in [0.2, 0.25) is 5.95 Å². The molecule has 0 spiro atoms. The van der Waals surface area contributed by atoms with E-state index in [0.717, 1.165) is 16.8 Å². The molecule has 0 aliphatic carbocycles. The summed E-state index contributed by atoms with van der Waals surface area (Å²) in [7, 11) is 0. The monoisotopic (exact) mass is 248 g/mol. The Bertz CT molecular complexity index is 695. The highest BCUT2D eigenvalue weighted by Crippen LogP contribution is 2.24. The zero-order valence-electron chi connectivity index (χ0n) is 10.2. The Balaban J connectivity index is 2.06. The molecule has 1 aromatic heterocycles. The molecule has 2 aromatic carbocycles. The van der Waals surface area contributed by atoms with Crippen molar-refractivity contribution in [3.8, 4) is 22.4 Å². The molecule has 0 bridgehead atoms. The highest BCUT2D eigenvalue weighted by Gasteiger charge is 2.03. The number of nitrogen functional groups attached to an aromatic ring is 1. The summed E-state index contributed by atoms with van der Waals surface area (Å²) in [4.78, 5) is 4.18. The van der Waals surface area contributed by atoms with Crippen LogP contribution in [0.3, 0.4) is 0 Å². The van der Waals surface area contributed by atoms with Crippen molar-refractivity contribution in [3.05, 3.63) is 60.8 Å². The van der Waals surface area contributed by atoms with E-state index >= 15 is 0 Å². The summed E-state index contributed by atoms with van der Waals surface area (Å²) in [6, 6.07) is 18.3. The van der Waals surface area contributed by atoms with Gasteiger partial charge in [-0.05, 0) is 17.2 Å². The minimum Gasteiger partial charge on any atom is -0.366 e. The molecule has 0 aliphatic heterocycles. The summed E-state index contributed by atoms with van der Waals surface area (Å²) >= 11 is 0. The van der Waals surface area contributed by atoms with Gasteiger partial charge in [-0.2, -0.15) is 5.10 Å². The topological polar surface area (TPSA) is 64.7 Å². The lowest BCUT2D eigenvalue weighted by atomic mass is 10.0. The maximum absolute atomic E-state index is 5.56. The number of nitrogens with zero attached hydrogens (tertiary/aromatic N) is 3. The van der Waals surface area contributed by atoms with Crippen LogP contribution in [0, 0.1) is 0 Å². The van der Waals surface area contributed by atoms with Crippen molar-refractivity contribution >= 4 is 5.95 Å². The molecule has 3 aromatic rings. The maximum atomic E-state index is 5.56. The van der Waals surface area contributed by atoms with Crippen LogP contribution in [0.2, 0.25) is 0 Å². The van der Waals surface area contributed by atoms with Crippen LogP contribution in [0.15, 0.2) is 60.8 Å². The molecule has 0 saturated carbocycles. The maximum Gasteiger partial charge on any atom is 0.240 e. The minimum atomic E-state index is 0.183. The lowest BCUT2D eigenvalue weighted by molar-refractivity contribution is 0.990. The molecule has 0 aliphatic rings. The summed E-state index contributed by atoms with van der Waals surface area (Å²) in [5.74, 6) is 0.183. The molecule has 0 saturated heterocycles. The Morgan fingerprint density at radius 2 is 1.53 bits per heavy atom. The van der Waals surface area contributed by atoms with Crippen LogP contribution in [0.25, 0.3) is 22.4 Å². The lowest BCUT2D eigenvalue weighted by Gasteiger charge is -2.05. The summed E-state index contributed by atoms with van der Waals surface area (Å²) in [5, 5.41) is 7.49. The number of benzene rings is 2. The van der Waals surface area contributed by atoms with Crippen molar-refractivity contribution in [2.45, 2.75) is 0 Å². The van der Waals surface area contributed by atoms with Crippen molar-refractivity contribution < 1.29 is 0 Å². The molecule has 0 radical (unpaired) electrons. The lowest BCUT2D eigenvalue weighted by Crippen LogP contribution is -1.98. The molecule has 4 nitrogen and oxygen atoms in total. The Labute approximate surface area is 111 Å². The Hall–Kier alpha value is -2.75. The molecular weight excluding hydrogens is 236 g/mol. The minimum absolute atomic E-state index is 0.183. The molecule has 2 N–H and O–H groups in total. The van der Waals surface area contributed by atoms with Crippen LogP contribution >= 0.6 is 0 Å². The van der Waals surface area contributed by atoms with Gasteiger partial charge in [0.15, 0.2) is 0 Å². The first kappa shape index (κ1) is 11.3. The highest BCUT2D eigenvalue weighted by atomic mass is 15.2. The molecule has 19 heavy (non-hydrogen) atoms. The first-order chi connectivity index (χ1) is 9.33. The molecule has 92 valence electrons. The van der Waals surface area contributed by atoms with Crippen LogP contribution in [-0.4, -0.2) is 15.2 Å². The standard InChI is InChI=1S/C15H12N4/c16-15-18-14(10-17-19-15)13-8-4-7-12(9-13)11-5-2-1-3-6-11/h1-10H,(H2,16,18,19). The van der Waals surface area contributed by atoms with E-state index in [1.54, 1.807) is 6.20 Å². The Morgan fingerprint density at radius 1 is 0.789 bits per heavy atom. The zero-order valence-corrected chi connectivity index (χ0v) is 10.2. The number of nitrogens with two attached hydrogens (primary N) is 1. The first-order valence-corrected chi connectivity index (χ1v) is 5.94. The van der Waals surface area contributed by atoms with E-state index in [2.05, 4.69) is 39.4 Å². The SMILES string of the molecule is Nc1nncc(-c2cccc(-c3ccccc3)c2)n1. The molecule has 0 amide bonds. The number of hydrogen-bond acceptors (Lipinski definition) is 4. The average Bonchev–Trinajstić information content (AvgIpc) is 2.48. The zero-order chi connectivity index (χ0) is 13.1. The van der Waals surface area contributed by atoms with E-state index in [4.69, 9.17) is 5.73 Å². The van der Waals surface area contributed by atoms with Gasteiger partial charge >= 0.3 is 0 Å². The third-order valence-corrected chi connectivity index (χ3v) is 2.84. The average molecular weight is 248 g/mol. The van der Waals surface area contributed by atoms with Crippen molar-refractivity contribution in [2.24, 2.45) is 0 Å². The van der Waals surface area contributed by atoms with Crippen LogP contribution in [0.4, 0.5) is 5.95 Å². The van der Waals surface area contributed by atoms with Gasteiger partial charge in [-0.3, -0.25) is 0 Å². The van der Waals surface area contributed by atoms with E-state index in [1.807, 2.05) is 30.3 Å². The van der Waals surface area contributed by atoms with E-state index in [1.165, 1.54) is 5.56 Å². The van der Waals surface area contributed by atoms with Crippen LogP contribution in [-0.2, 0) is 0 Å².